The fourth-order valence-electron chi connectivity index (χ4n) is 5.64. The summed E-state index contributed by atoms with van der Waals surface area (Å²) in [6.45, 7) is 0.277. The molecule has 2 aliphatic heterocycles. The number of hydrogen-bond acceptors (Lipinski definition) is 4. The molecule has 0 radical (unpaired) electrons. The molecule has 2 aliphatic rings. The van der Waals surface area contributed by atoms with E-state index in [0.717, 1.165) is 11.1 Å². The molecule has 0 aliphatic carbocycles. The van der Waals surface area contributed by atoms with Gasteiger partial charge in [-0.2, -0.15) is 0 Å². The molecule has 1 saturated heterocycles. The number of nitrogens with zero attached hydrogens (tertiary/aromatic N) is 4. The van der Waals surface area contributed by atoms with Gasteiger partial charge in [0, 0.05) is 24.2 Å². The Balaban J connectivity index is 1.34. The Hall–Kier alpha value is -5.57. The second-order valence-electron chi connectivity index (χ2n) is 10.3. The van der Waals surface area contributed by atoms with Crippen LogP contribution in [0.2, 0.25) is 0 Å². The number of piperazine rings is 1. The number of fused-ring (bicyclic) bond motifs is 2. The Kier molecular flexibility index (Phi) is 7.53. The number of para-hydroxylation sites is 4. The molecule has 2 heterocycles. The average molecular weight is 574 g/mol. The lowest BCUT2D eigenvalue weighted by atomic mass is 10.1. The van der Waals surface area contributed by atoms with Crippen LogP contribution in [0.25, 0.3) is 11.8 Å². The minimum Gasteiger partial charge on any atom is -0.496 e. The number of rotatable bonds is 4. The minimum absolute atomic E-state index is 0.0468. The molecule has 4 aromatic rings. The maximum atomic E-state index is 14.5. The number of methoxy groups -OCH3 is 1. The number of amides is 5. The molecule has 2 N–H and O–H groups in total. The lowest BCUT2D eigenvalue weighted by Gasteiger charge is -2.43. The van der Waals surface area contributed by atoms with Gasteiger partial charge in [0.15, 0.2) is 0 Å². The SMILES string of the molecule is COC1=Cc2ccccc2N(C(=O)N2CCN(C(=O)N(c3ccccc3)c3ccccc3)C[C@H]2C(N)=O)c2ccccc21. The van der Waals surface area contributed by atoms with Gasteiger partial charge in [-0.1, -0.05) is 66.7 Å². The Morgan fingerprint density at radius 2 is 1.35 bits per heavy atom. The van der Waals surface area contributed by atoms with Crippen molar-refractivity contribution < 1.29 is 19.1 Å². The van der Waals surface area contributed by atoms with Crippen molar-refractivity contribution in [3.8, 4) is 0 Å². The summed E-state index contributed by atoms with van der Waals surface area (Å²) in [4.78, 5) is 47.7. The quantitative estimate of drug-likeness (QED) is 0.332. The second-order valence-corrected chi connectivity index (χ2v) is 10.3. The van der Waals surface area contributed by atoms with Crippen LogP contribution in [0.4, 0.5) is 32.3 Å². The zero-order valence-corrected chi connectivity index (χ0v) is 23.7. The number of benzene rings is 4. The van der Waals surface area contributed by atoms with Crippen LogP contribution >= 0.6 is 0 Å². The summed E-state index contributed by atoms with van der Waals surface area (Å²) >= 11 is 0. The predicted octanol–water partition coefficient (Wildman–Crippen LogP) is 5.83. The van der Waals surface area contributed by atoms with Crippen molar-refractivity contribution in [3.63, 3.8) is 0 Å². The normalized spacial score (nSPS) is 15.9. The zero-order valence-electron chi connectivity index (χ0n) is 23.7. The number of carbonyl (C=O) groups is 3. The smallest absolute Gasteiger partial charge is 0.329 e. The second kappa shape index (κ2) is 11.7. The van der Waals surface area contributed by atoms with Gasteiger partial charge in [-0.25, -0.2) is 9.59 Å². The molecule has 6 rings (SSSR count). The van der Waals surface area contributed by atoms with Gasteiger partial charge in [0.25, 0.3) is 0 Å². The van der Waals surface area contributed by atoms with Gasteiger partial charge < -0.3 is 20.3 Å². The van der Waals surface area contributed by atoms with Crippen molar-refractivity contribution in [1.29, 1.82) is 0 Å². The lowest BCUT2D eigenvalue weighted by molar-refractivity contribution is -0.123. The Bertz CT molecular complexity index is 1650. The van der Waals surface area contributed by atoms with Gasteiger partial charge >= 0.3 is 12.1 Å². The molecule has 9 heteroatoms. The highest BCUT2D eigenvalue weighted by atomic mass is 16.5. The number of nitrogens with two attached hydrogens (primary N) is 1. The van der Waals surface area contributed by atoms with E-state index >= 15 is 0 Å². The van der Waals surface area contributed by atoms with E-state index < -0.39 is 18.0 Å². The van der Waals surface area contributed by atoms with Gasteiger partial charge in [-0.3, -0.25) is 14.6 Å². The molecule has 9 nitrogen and oxygen atoms in total. The predicted molar refractivity (Wildman–Crippen MR) is 167 cm³/mol. The van der Waals surface area contributed by atoms with Crippen molar-refractivity contribution in [3.05, 3.63) is 120 Å². The molecule has 1 fully saturated rings. The van der Waals surface area contributed by atoms with Crippen LogP contribution in [0.15, 0.2) is 109 Å². The van der Waals surface area contributed by atoms with Crippen molar-refractivity contribution >= 4 is 52.6 Å². The first kappa shape index (κ1) is 27.6. The number of urea groups is 2. The van der Waals surface area contributed by atoms with E-state index in [1.165, 1.54) is 4.90 Å². The van der Waals surface area contributed by atoms with E-state index in [1.54, 1.807) is 21.8 Å². The minimum atomic E-state index is -1.05. The molecule has 0 aromatic heterocycles. The molecule has 0 bridgehead atoms. The molecule has 216 valence electrons. The van der Waals surface area contributed by atoms with Gasteiger partial charge in [0.05, 0.1) is 36.4 Å². The largest absolute Gasteiger partial charge is 0.496 e. The highest BCUT2D eigenvalue weighted by Crippen LogP contribution is 2.41. The molecular weight excluding hydrogens is 542 g/mol. The summed E-state index contributed by atoms with van der Waals surface area (Å²) in [5.74, 6) is -0.0777. The fraction of sp³-hybridized carbons (Fsp3) is 0.147. The number of carbonyl (C=O) groups excluding carboxylic acids is 3. The molecule has 0 spiro atoms. The van der Waals surface area contributed by atoms with Crippen LogP contribution in [0.3, 0.4) is 0 Å². The summed E-state index contributed by atoms with van der Waals surface area (Å²) in [5.41, 5.74) is 10.1. The van der Waals surface area contributed by atoms with Crippen LogP contribution in [-0.4, -0.2) is 60.6 Å². The average Bonchev–Trinajstić information content (AvgIpc) is 3.19. The van der Waals surface area contributed by atoms with Gasteiger partial charge in [-0.05, 0) is 48.5 Å². The number of ether oxygens (including phenoxy) is 1. The van der Waals surface area contributed by atoms with Gasteiger partial charge in [0.2, 0.25) is 5.91 Å². The van der Waals surface area contributed by atoms with E-state index in [1.807, 2.05) is 115 Å². The molecule has 0 unspecified atom stereocenters. The monoisotopic (exact) mass is 573 g/mol. The van der Waals surface area contributed by atoms with Crippen molar-refractivity contribution in [1.82, 2.24) is 9.80 Å². The van der Waals surface area contributed by atoms with E-state index in [4.69, 9.17) is 10.5 Å². The van der Waals surface area contributed by atoms with E-state index in [-0.39, 0.29) is 25.7 Å². The van der Waals surface area contributed by atoms with Crippen LogP contribution < -0.4 is 15.5 Å². The van der Waals surface area contributed by atoms with Crippen LogP contribution in [0.1, 0.15) is 11.1 Å². The van der Waals surface area contributed by atoms with E-state index in [9.17, 15) is 14.4 Å². The standard InChI is InChI=1S/C34H31N5O4/c1-43-31-22-24-12-8-10-18-28(24)39(29-19-11-9-17-27(29)31)34(42)37-21-20-36(23-30(37)32(35)40)33(41)38(25-13-4-2-5-14-25)26-15-6-3-7-16-26/h2-19,22,30H,20-21,23H2,1H3,(H2,35,40)/t30-/m0/s1. The van der Waals surface area contributed by atoms with Crippen LogP contribution in [0, 0.1) is 0 Å². The van der Waals surface area contributed by atoms with Crippen molar-refractivity contribution in [2.75, 3.05) is 36.5 Å². The fourth-order valence-corrected chi connectivity index (χ4v) is 5.64. The summed E-state index contributed by atoms with van der Waals surface area (Å²) in [6, 6.07) is 31.9. The third-order valence-corrected chi connectivity index (χ3v) is 7.73. The number of hydrogen-bond donors (Lipinski definition) is 1. The maximum absolute atomic E-state index is 14.5. The first-order chi connectivity index (χ1) is 21.0. The summed E-state index contributed by atoms with van der Waals surface area (Å²) in [7, 11) is 1.59. The van der Waals surface area contributed by atoms with Crippen molar-refractivity contribution in [2.24, 2.45) is 5.73 Å². The first-order valence-electron chi connectivity index (χ1n) is 14.0. The first-order valence-corrected chi connectivity index (χ1v) is 14.0. The van der Waals surface area contributed by atoms with Gasteiger partial charge in [0.1, 0.15) is 11.8 Å². The lowest BCUT2D eigenvalue weighted by Crippen LogP contribution is -2.63. The molecule has 5 amide bonds. The Morgan fingerprint density at radius 1 is 0.767 bits per heavy atom. The Morgan fingerprint density at radius 3 is 1.98 bits per heavy atom. The van der Waals surface area contributed by atoms with Crippen LogP contribution in [0.5, 0.6) is 0 Å². The van der Waals surface area contributed by atoms with Gasteiger partial charge in [-0.15, -0.1) is 0 Å². The molecule has 0 saturated carbocycles. The number of primary amides is 1. The van der Waals surface area contributed by atoms with E-state index in [2.05, 4.69) is 0 Å². The Labute approximate surface area is 250 Å². The van der Waals surface area contributed by atoms with Crippen molar-refractivity contribution in [2.45, 2.75) is 6.04 Å². The maximum Gasteiger partial charge on any atom is 0.329 e. The van der Waals surface area contributed by atoms with E-state index in [0.29, 0.717) is 28.5 Å². The molecule has 1 atom stereocenters. The summed E-state index contributed by atoms with van der Waals surface area (Å²) in [5, 5.41) is 0. The highest BCUT2D eigenvalue weighted by molar-refractivity contribution is 6.08. The zero-order chi connectivity index (χ0) is 29.9. The number of anilines is 4. The third kappa shape index (κ3) is 5.17. The molecular formula is C34H31N5O4. The summed E-state index contributed by atoms with van der Waals surface area (Å²) in [6.07, 6.45) is 1.89. The molecule has 4 aromatic carbocycles. The highest BCUT2D eigenvalue weighted by Gasteiger charge is 2.41. The third-order valence-electron chi connectivity index (χ3n) is 7.73. The summed E-state index contributed by atoms with van der Waals surface area (Å²) < 4.78 is 5.71. The topological polar surface area (TPSA) is 99.4 Å². The molecule has 43 heavy (non-hydrogen) atoms. The van der Waals surface area contributed by atoms with Crippen LogP contribution in [-0.2, 0) is 9.53 Å².